The minimum atomic E-state index is -0.561. The monoisotopic (exact) mass is 275 g/mol. The van der Waals surface area contributed by atoms with Gasteiger partial charge in [0.15, 0.2) is 0 Å². The van der Waals surface area contributed by atoms with Crippen LogP contribution >= 0.6 is 0 Å². The lowest BCUT2D eigenvalue weighted by Gasteiger charge is -2.30. The maximum Gasteiger partial charge on any atom is 0.253 e. The number of aliphatic hydroxyl groups excluding tert-OH is 1. The van der Waals surface area contributed by atoms with Crippen molar-refractivity contribution >= 4 is 22.5 Å². The van der Waals surface area contributed by atoms with E-state index in [1.165, 1.54) is 0 Å². The van der Waals surface area contributed by atoms with Crippen molar-refractivity contribution in [3.05, 3.63) is 30.0 Å². The standard InChI is InChI=1S/C15H21N3O2/c1-3-15(4-2,9-19)18-14(20)12-8-17-13-7-10(16)5-6-11(12)13/h5-8,17,19H,3-4,9,16H2,1-2H3,(H,18,20). The third-order valence-corrected chi connectivity index (χ3v) is 3.99. The molecule has 0 unspecified atom stereocenters. The molecule has 1 amide bonds. The van der Waals surface area contributed by atoms with Gasteiger partial charge in [-0.2, -0.15) is 0 Å². The first-order chi connectivity index (χ1) is 9.55. The number of benzene rings is 1. The van der Waals surface area contributed by atoms with Crippen molar-refractivity contribution in [1.82, 2.24) is 10.3 Å². The van der Waals surface area contributed by atoms with Crippen molar-refractivity contribution < 1.29 is 9.90 Å². The molecule has 5 heteroatoms. The van der Waals surface area contributed by atoms with Crippen LogP contribution in [-0.4, -0.2) is 28.1 Å². The summed E-state index contributed by atoms with van der Waals surface area (Å²) in [6.45, 7) is 3.84. The predicted molar refractivity (Wildman–Crippen MR) is 80.6 cm³/mol. The number of amides is 1. The van der Waals surface area contributed by atoms with Gasteiger partial charge in [0.2, 0.25) is 0 Å². The number of nitrogens with one attached hydrogen (secondary N) is 2. The molecule has 0 radical (unpaired) electrons. The summed E-state index contributed by atoms with van der Waals surface area (Å²) in [5, 5.41) is 13.3. The van der Waals surface area contributed by atoms with Crippen molar-refractivity contribution in [2.45, 2.75) is 32.2 Å². The van der Waals surface area contributed by atoms with Crippen LogP contribution in [0.3, 0.4) is 0 Å². The van der Waals surface area contributed by atoms with E-state index in [1.807, 2.05) is 19.9 Å². The third kappa shape index (κ3) is 2.49. The third-order valence-electron chi connectivity index (χ3n) is 3.99. The number of nitrogens with two attached hydrogens (primary N) is 1. The fourth-order valence-electron chi connectivity index (χ4n) is 2.33. The highest BCUT2D eigenvalue weighted by molar-refractivity contribution is 6.07. The number of carbonyl (C=O) groups is 1. The molecule has 0 saturated carbocycles. The Morgan fingerprint density at radius 1 is 1.40 bits per heavy atom. The number of H-pyrrole nitrogens is 1. The molecule has 2 rings (SSSR count). The number of rotatable bonds is 5. The van der Waals surface area contributed by atoms with Gasteiger partial charge in [0.25, 0.3) is 5.91 Å². The quantitative estimate of drug-likeness (QED) is 0.629. The Bertz CT molecular complexity index is 606. The van der Waals surface area contributed by atoms with Crippen LogP contribution in [-0.2, 0) is 0 Å². The smallest absolute Gasteiger partial charge is 0.253 e. The Labute approximate surface area is 118 Å². The summed E-state index contributed by atoms with van der Waals surface area (Å²) in [6.07, 6.45) is 3.04. The van der Waals surface area contributed by atoms with Crippen LogP contribution < -0.4 is 11.1 Å². The van der Waals surface area contributed by atoms with Gasteiger partial charge in [-0.1, -0.05) is 13.8 Å². The van der Waals surface area contributed by atoms with Gasteiger partial charge in [-0.25, -0.2) is 0 Å². The Morgan fingerprint density at radius 2 is 2.10 bits per heavy atom. The lowest BCUT2D eigenvalue weighted by atomic mass is 9.93. The molecule has 20 heavy (non-hydrogen) atoms. The fourth-order valence-corrected chi connectivity index (χ4v) is 2.33. The number of aliphatic hydroxyl groups is 1. The van der Waals surface area contributed by atoms with Crippen LogP contribution in [0.1, 0.15) is 37.0 Å². The van der Waals surface area contributed by atoms with Gasteiger partial charge in [0.05, 0.1) is 17.7 Å². The van der Waals surface area contributed by atoms with Gasteiger partial charge in [-0.15, -0.1) is 0 Å². The average molecular weight is 275 g/mol. The summed E-state index contributed by atoms with van der Waals surface area (Å²) in [6, 6.07) is 5.39. The van der Waals surface area contributed by atoms with Gasteiger partial charge in [-0.3, -0.25) is 4.79 Å². The Morgan fingerprint density at radius 3 is 2.70 bits per heavy atom. The van der Waals surface area contributed by atoms with E-state index in [9.17, 15) is 9.90 Å². The Kier molecular flexibility index (Phi) is 3.99. The van der Waals surface area contributed by atoms with Crippen molar-refractivity contribution in [2.24, 2.45) is 0 Å². The molecule has 2 aromatic rings. The summed E-state index contributed by atoms with van der Waals surface area (Å²) in [7, 11) is 0. The topological polar surface area (TPSA) is 91.1 Å². The SMILES string of the molecule is CCC(CC)(CO)NC(=O)c1c[nH]c2cc(N)ccc12. The molecule has 0 fully saturated rings. The zero-order chi connectivity index (χ0) is 14.8. The van der Waals surface area contributed by atoms with Gasteiger partial charge in [0, 0.05) is 22.8 Å². The summed E-state index contributed by atoms with van der Waals surface area (Å²) in [4.78, 5) is 15.5. The van der Waals surface area contributed by atoms with Crippen molar-refractivity contribution in [1.29, 1.82) is 0 Å². The minimum absolute atomic E-state index is 0.0684. The highest BCUT2D eigenvalue weighted by Crippen LogP contribution is 2.22. The molecule has 0 aliphatic rings. The lowest BCUT2D eigenvalue weighted by molar-refractivity contribution is 0.0819. The highest BCUT2D eigenvalue weighted by atomic mass is 16.3. The summed E-state index contributed by atoms with van der Waals surface area (Å²) in [5.41, 5.74) is 7.21. The van der Waals surface area contributed by atoms with E-state index >= 15 is 0 Å². The molecule has 0 atom stereocenters. The van der Waals surface area contributed by atoms with Crippen LogP contribution in [0.5, 0.6) is 0 Å². The summed E-state index contributed by atoms with van der Waals surface area (Å²) >= 11 is 0. The summed E-state index contributed by atoms with van der Waals surface area (Å²) < 4.78 is 0. The maximum atomic E-state index is 12.4. The number of anilines is 1. The second-order valence-electron chi connectivity index (χ2n) is 5.11. The normalized spacial score (nSPS) is 11.8. The van der Waals surface area contributed by atoms with Crippen LogP contribution in [0.2, 0.25) is 0 Å². The summed E-state index contributed by atoms with van der Waals surface area (Å²) in [5.74, 6) is -0.182. The Hall–Kier alpha value is -2.01. The molecule has 0 spiro atoms. The molecular weight excluding hydrogens is 254 g/mol. The van der Waals surface area contributed by atoms with Crippen molar-refractivity contribution in [3.8, 4) is 0 Å². The second-order valence-corrected chi connectivity index (χ2v) is 5.11. The van der Waals surface area contributed by atoms with E-state index in [0.29, 0.717) is 24.1 Å². The van der Waals surface area contributed by atoms with E-state index in [1.54, 1.807) is 18.3 Å². The van der Waals surface area contributed by atoms with E-state index in [-0.39, 0.29) is 12.5 Å². The first kappa shape index (κ1) is 14.4. The number of carbonyl (C=O) groups excluding carboxylic acids is 1. The molecule has 1 aromatic heterocycles. The molecule has 5 N–H and O–H groups in total. The average Bonchev–Trinajstić information content (AvgIpc) is 2.87. The number of hydrogen-bond donors (Lipinski definition) is 4. The molecule has 5 nitrogen and oxygen atoms in total. The van der Waals surface area contributed by atoms with E-state index in [2.05, 4.69) is 10.3 Å². The highest BCUT2D eigenvalue weighted by Gasteiger charge is 2.28. The zero-order valence-electron chi connectivity index (χ0n) is 11.9. The van der Waals surface area contributed by atoms with Gasteiger partial charge in [0.1, 0.15) is 0 Å². The van der Waals surface area contributed by atoms with Gasteiger partial charge < -0.3 is 21.1 Å². The molecule has 108 valence electrons. The number of fused-ring (bicyclic) bond motifs is 1. The number of nitrogen functional groups attached to an aromatic ring is 1. The molecule has 0 saturated heterocycles. The maximum absolute atomic E-state index is 12.4. The van der Waals surface area contributed by atoms with Crippen molar-refractivity contribution in [2.75, 3.05) is 12.3 Å². The van der Waals surface area contributed by atoms with Crippen molar-refractivity contribution in [3.63, 3.8) is 0 Å². The molecule has 0 aliphatic carbocycles. The number of aromatic nitrogens is 1. The molecule has 1 heterocycles. The van der Waals surface area contributed by atoms with Crippen LogP contribution in [0.25, 0.3) is 10.9 Å². The predicted octanol–water partition coefficient (Wildman–Crippen LogP) is 2.03. The largest absolute Gasteiger partial charge is 0.399 e. The second kappa shape index (κ2) is 5.54. The molecular formula is C15H21N3O2. The molecule has 0 aliphatic heterocycles. The minimum Gasteiger partial charge on any atom is -0.399 e. The first-order valence-corrected chi connectivity index (χ1v) is 6.85. The lowest BCUT2D eigenvalue weighted by Crippen LogP contribution is -2.50. The zero-order valence-corrected chi connectivity index (χ0v) is 11.9. The van der Waals surface area contributed by atoms with Crippen LogP contribution in [0.15, 0.2) is 24.4 Å². The van der Waals surface area contributed by atoms with Gasteiger partial charge >= 0.3 is 0 Å². The van der Waals surface area contributed by atoms with E-state index in [4.69, 9.17) is 5.73 Å². The number of aromatic amines is 1. The van der Waals surface area contributed by atoms with E-state index < -0.39 is 5.54 Å². The first-order valence-electron chi connectivity index (χ1n) is 6.85. The molecule has 1 aromatic carbocycles. The van der Waals surface area contributed by atoms with Crippen LogP contribution in [0.4, 0.5) is 5.69 Å². The van der Waals surface area contributed by atoms with Gasteiger partial charge in [-0.05, 0) is 31.0 Å². The van der Waals surface area contributed by atoms with Crippen LogP contribution in [0, 0.1) is 0 Å². The fraction of sp³-hybridized carbons (Fsp3) is 0.400. The molecule has 0 bridgehead atoms. The Balaban J connectivity index is 2.32. The van der Waals surface area contributed by atoms with E-state index in [0.717, 1.165) is 10.9 Å². The number of hydrogen-bond acceptors (Lipinski definition) is 3.